The molecule has 2 aromatic heterocycles. The molecule has 0 bridgehead atoms. The van der Waals surface area contributed by atoms with Gasteiger partial charge in [-0.15, -0.1) is 0 Å². The molecule has 108 valence electrons. The van der Waals surface area contributed by atoms with Gasteiger partial charge in [-0.2, -0.15) is 4.98 Å². The van der Waals surface area contributed by atoms with Crippen molar-refractivity contribution in [2.24, 2.45) is 19.8 Å². The zero-order valence-corrected chi connectivity index (χ0v) is 11.6. The zero-order valence-electron chi connectivity index (χ0n) is 11.6. The van der Waals surface area contributed by atoms with Crippen LogP contribution < -0.4 is 22.3 Å². The molecule has 0 aromatic carbocycles. The average molecular weight is 278 g/mol. The lowest BCUT2D eigenvalue weighted by Crippen LogP contribution is -2.51. The molecule has 2 aromatic rings. The van der Waals surface area contributed by atoms with Crippen LogP contribution in [0.3, 0.4) is 0 Å². The molecule has 4 N–H and O–H groups in total. The monoisotopic (exact) mass is 278 g/mol. The Morgan fingerprint density at radius 1 is 1.35 bits per heavy atom. The number of hydrogen-bond donors (Lipinski definition) is 3. The number of imidazole rings is 1. The number of rotatable bonds is 3. The number of aryl methyl sites for hydroxylation is 1. The van der Waals surface area contributed by atoms with E-state index in [9.17, 15) is 9.59 Å². The second-order valence-corrected chi connectivity index (χ2v) is 5.45. The second kappa shape index (κ2) is 4.20. The molecule has 1 saturated carbocycles. The van der Waals surface area contributed by atoms with Crippen molar-refractivity contribution in [2.75, 3.05) is 11.9 Å². The Balaban J connectivity index is 2.12. The van der Waals surface area contributed by atoms with E-state index in [1.807, 2.05) is 0 Å². The lowest BCUT2D eigenvalue weighted by atomic mass is 9.77. The molecular formula is C12H18N6O2. The van der Waals surface area contributed by atoms with Gasteiger partial charge in [-0.1, -0.05) is 0 Å². The van der Waals surface area contributed by atoms with Crippen molar-refractivity contribution in [3.05, 3.63) is 20.8 Å². The van der Waals surface area contributed by atoms with Crippen LogP contribution in [0.15, 0.2) is 9.59 Å². The molecule has 0 amide bonds. The summed E-state index contributed by atoms with van der Waals surface area (Å²) < 4.78 is 2.42. The molecule has 0 radical (unpaired) electrons. The lowest BCUT2D eigenvalue weighted by molar-refractivity contribution is 0.286. The fraction of sp³-hybridized carbons (Fsp3) is 0.583. The Hall–Kier alpha value is -2.09. The van der Waals surface area contributed by atoms with E-state index in [4.69, 9.17) is 5.73 Å². The first-order valence-electron chi connectivity index (χ1n) is 6.61. The number of nitrogens with zero attached hydrogens (tertiary/aromatic N) is 3. The van der Waals surface area contributed by atoms with Gasteiger partial charge in [-0.25, -0.2) is 4.79 Å². The summed E-state index contributed by atoms with van der Waals surface area (Å²) in [4.78, 5) is 31.2. The minimum absolute atomic E-state index is 0.141. The molecule has 3 rings (SSSR count). The Labute approximate surface area is 114 Å². The molecule has 0 atom stereocenters. The van der Waals surface area contributed by atoms with Gasteiger partial charge in [0.2, 0.25) is 5.95 Å². The molecule has 8 nitrogen and oxygen atoms in total. The van der Waals surface area contributed by atoms with E-state index in [1.165, 1.54) is 11.6 Å². The molecule has 8 heteroatoms. The number of hydrogen-bond acceptors (Lipinski definition) is 5. The molecule has 1 fully saturated rings. The maximum absolute atomic E-state index is 12.1. The van der Waals surface area contributed by atoms with Crippen molar-refractivity contribution in [1.82, 2.24) is 19.1 Å². The number of nitrogens with one attached hydrogen (secondary N) is 2. The standard InChI is InChI=1S/C12H18N6O2/c1-17-8-7(9(19)18(2)11(17)20)14-10(15-8)16-12(6-13)4-3-5-12/h3-6,13H2,1-2H3,(H2,14,15,16). The molecule has 2 heterocycles. The Bertz CT molecular complexity index is 774. The molecule has 0 saturated heterocycles. The van der Waals surface area contributed by atoms with Crippen LogP contribution in [0.2, 0.25) is 0 Å². The first-order valence-corrected chi connectivity index (χ1v) is 6.61. The number of anilines is 1. The van der Waals surface area contributed by atoms with E-state index >= 15 is 0 Å². The van der Waals surface area contributed by atoms with Crippen molar-refractivity contribution in [1.29, 1.82) is 0 Å². The van der Waals surface area contributed by atoms with Crippen LogP contribution in [-0.2, 0) is 14.1 Å². The topological polar surface area (TPSA) is 111 Å². The highest BCUT2D eigenvalue weighted by Crippen LogP contribution is 2.33. The molecule has 0 aliphatic heterocycles. The largest absolute Gasteiger partial charge is 0.349 e. The second-order valence-electron chi connectivity index (χ2n) is 5.45. The third-order valence-electron chi connectivity index (χ3n) is 4.18. The fourth-order valence-corrected chi connectivity index (χ4v) is 2.62. The van der Waals surface area contributed by atoms with Crippen molar-refractivity contribution in [2.45, 2.75) is 24.8 Å². The molecule has 1 aliphatic carbocycles. The summed E-state index contributed by atoms with van der Waals surface area (Å²) in [5, 5.41) is 3.27. The van der Waals surface area contributed by atoms with Gasteiger partial charge in [0.25, 0.3) is 5.56 Å². The van der Waals surface area contributed by atoms with E-state index < -0.39 is 5.69 Å². The predicted octanol–water partition coefficient (Wildman–Crippen LogP) is -0.746. The molecule has 20 heavy (non-hydrogen) atoms. The van der Waals surface area contributed by atoms with Crippen molar-refractivity contribution < 1.29 is 0 Å². The predicted molar refractivity (Wildman–Crippen MR) is 75.8 cm³/mol. The maximum Gasteiger partial charge on any atom is 0.332 e. The van der Waals surface area contributed by atoms with E-state index in [1.54, 1.807) is 7.05 Å². The first kappa shape index (κ1) is 12.9. The van der Waals surface area contributed by atoms with Gasteiger partial charge in [0.1, 0.15) is 0 Å². The Morgan fingerprint density at radius 3 is 2.60 bits per heavy atom. The van der Waals surface area contributed by atoms with Crippen molar-refractivity contribution in [3.63, 3.8) is 0 Å². The van der Waals surface area contributed by atoms with Gasteiger partial charge >= 0.3 is 5.69 Å². The summed E-state index contributed by atoms with van der Waals surface area (Å²) in [5.41, 5.74) is 5.56. The first-order chi connectivity index (χ1) is 9.47. The Kier molecular flexibility index (Phi) is 2.72. The van der Waals surface area contributed by atoms with Crippen molar-refractivity contribution >= 4 is 17.1 Å². The molecular weight excluding hydrogens is 260 g/mol. The number of aromatic nitrogens is 4. The zero-order chi connectivity index (χ0) is 14.5. The van der Waals surface area contributed by atoms with Gasteiger partial charge in [-0.3, -0.25) is 13.9 Å². The van der Waals surface area contributed by atoms with Crippen LogP contribution in [0.25, 0.3) is 11.2 Å². The van der Waals surface area contributed by atoms with Gasteiger partial charge < -0.3 is 16.0 Å². The van der Waals surface area contributed by atoms with Crippen molar-refractivity contribution in [3.8, 4) is 0 Å². The summed E-state index contributed by atoms with van der Waals surface area (Å²) in [6, 6.07) is 0. The minimum atomic E-state index is -0.391. The number of H-pyrrole nitrogens is 1. The summed E-state index contributed by atoms with van der Waals surface area (Å²) in [6.45, 7) is 0.515. The highest BCUT2D eigenvalue weighted by atomic mass is 16.2. The number of fused-ring (bicyclic) bond motifs is 1. The average Bonchev–Trinajstić information content (AvgIpc) is 2.82. The van der Waals surface area contributed by atoms with Gasteiger partial charge in [0.05, 0.1) is 5.54 Å². The van der Waals surface area contributed by atoms with Crippen LogP contribution in [0.4, 0.5) is 5.95 Å². The highest BCUT2D eigenvalue weighted by Gasteiger charge is 2.36. The number of aromatic amines is 1. The number of nitrogens with two attached hydrogens (primary N) is 1. The SMILES string of the molecule is Cn1c(=O)c2[nH]c(NC3(CN)CCC3)nc2n(C)c1=O. The van der Waals surface area contributed by atoms with Gasteiger partial charge in [0.15, 0.2) is 11.2 Å². The van der Waals surface area contributed by atoms with Crippen LogP contribution in [0.5, 0.6) is 0 Å². The van der Waals surface area contributed by atoms with E-state index in [-0.39, 0.29) is 11.1 Å². The summed E-state index contributed by atoms with van der Waals surface area (Å²) in [7, 11) is 3.04. The molecule has 0 spiro atoms. The molecule has 1 aliphatic rings. The van der Waals surface area contributed by atoms with Gasteiger partial charge in [-0.05, 0) is 19.3 Å². The summed E-state index contributed by atoms with van der Waals surface area (Å²) >= 11 is 0. The fourth-order valence-electron chi connectivity index (χ4n) is 2.62. The van der Waals surface area contributed by atoms with E-state index in [0.717, 1.165) is 23.8 Å². The van der Waals surface area contributed by atoms with Crippen LogP contribution >= 0.6 is 0 Å². The molecule has 0 unspecified atom stereocenters. The highest BCUT2D eigenvalue weighted by molar-refractivity contribution is 5.72. The maximum atomic E-state index is 12.1. The van der Waals surface area contributed by atoms with E-state index in [0.29, 0.717) is 23.7 Å². The Morgan fingerprint density at radius 2 is 2.05 bits per heavy atom. The van der Waals surface area contributed by atoms with E-state index in [2.05, 4.69) is 15.3 Å². The summed E-state index contributed by atoms with van der Waals surface area (Å²) in [6.07, 6.45) is 3.10. The quantitative estimate of drug-likeness (QED) is 0.684. The smallest absolute Gasteiger partial charge is 0.332 e. The summed E-state index contributed by atoms with van der Waals surface area (Å²) in [5.74, 6) is 0.489. The lowest BCUT2D eigenvalue weighted by Gasteiger charge is -2.41. The van der Waals surface area contributed by atoms with Crippen LogP contribution in [0.1, 0.15) is 19.3 Å². The third kappa shape index (κ3) is 1.68. The normalized spacial score (nSPS) is 17.1. The van der Waals surface area contributed by atoms with Crippen LogP contribution in [0, 0.1) is 0 Å². The third-order valence-corrected chi connectivity index (χ3v) is 4.18. The van der Waals surface area contributed by atoms with Crippen LogP contribution in [-0.4, -0.2) is 31.2 Å². The minimum Gasteiger partial charge on any atom is -0.349 e. The van der Waals surface area contributed by atoms with Gasteiger partial charge in [0, 0.05) is 20.6 Å².